The molecule has 1 aliphatic carbocycles. The first kappa shape index (κ1) is 20.9. The molecule has 2 aromatic heterocycles. The Bertz CT molecular complexity index is 1100. The lowest BCUT2D eigenvalue weighted by Crippen LogP contribution is -2.39. The molecule has 0 spiro atoms. The summed E-state index contributed by atoms with van der Waals surface area (Å²) in [5, 5.41) is 7.54. The second-order valence-corrected chi connectivity index (χ2v) is 8.22. The predicted octanol–water partition coefficient (Wildman–Crippen LogP) is 3.38. The van der Waals surface area contributed by atoms with E-state index >= 15 is 0 Å². The molecule has 0 bridgehead atoms. The van der Waals surface area contributed by atoms with Crippen LogP contribution in [0.5, 0.6) is 5.75 Å². The lowest BCUT2D eigenvalue weighted by molar-refractivity contribution is 0.0906. The topological polar surface area (TPSA) is 78.2 Å². The Morgan fingerprint density at radius 3 is 2.58 bits per heavy atom. The third-order valence-corrected chi connectivity index (χ3v) is 5.82. The van der Waals surface area contributed by atoms with Crippen molar-refractivity contribution in [2.24, 2.45) is 7.05 Å². The number of nitrogens with one attached hydrogen (secondary N) is 1. The van der Waals surface area contributed by atoms with Crippen LogP contribution >= 0.6 is 0 Å². The van der Waals surface area contributed by atoms with Crippen LogP contribution in [-0.2, 0) is 13.7 Å². The van der Waals surface area contributed by atoms with Gasteiger partial charge in [0.05, 0.1) is 12.2 Å². The van der Waals surface area contributed by atoms with E-state index in [0.717, 1.165) is 36.8 Å². The standard InChI is InChI=1S/C24H28N4O3/c1-17-14-25-28(15-17)20-10-8-19(9-11-20)26-24(30)22-23(21(29)12-13-27(22)2)31-16-18-6-4-3-5-7-18/h3-7,12-15,19-20H,8-11,16H2,1-2H3,(H,26,30). The highest BCUT2D eigenvalue weighted by Gasteiger charge is 2.26. The monoisotopic (exact) mass is 420 g/mol. The molecule has 31 heavy (non-hydrogen) atoms. The van der Waals surface area contributed by atoms with Gasteiger partial charge in [0.25, 0.3) is 5.91 Å². The van der Waals surface area contributed by atoms with E-state index in [1.54, 1.807) is 17.8 Å². The lowest BCUT2D eigenvalue weighted by atomic mass is 9.91. The van der Waals surface area contributed by atoms with Crippen LogP contribution in [0.1, 0.15) is 53.3 Å². The second kappa shape index (κ2) is 9.20. The molecule has 4 rings (SSSR count). The van der Waals surface area contributed by atoms with Gasteiger partial charge in [0.1, 0.15) is 6.61 Å². The Labute approximate surface area is 181 Å². The summed E-state index contributed by atoms with van der Waals surface area (Å²) < 4.78 is 9.50. The molecule has 1 N–H and O–H groups in total. The summed E-state index contributed by atoms with van der Waals surface area (Å²) in [6.45, 7) is 2.27. The summed E-state index contributed by atoms with van der Waals surface area (Å²) >= 11 is 0. The smallest absolute Gasteiger partial charge is 0.272 e. The zero-order chi connectivity index (χ0) is 21.8. The SMILES string of the molecule is Cc1cnn(C2CCC(NC(=O)c3c(OCc4ccccc4)c(=O)ccn3C)CC2)c1. The first-order valence-corrected chi connectivity index (χ1v) is 10.7. The van der Waals surface area contributed by atoms with Gasteiger partial charge in [-0.15, -0.1) is 0 Å². The fraction of sp³-hybridized carbons (Fsp3) is 0.375. The number of aromatic nitrogens is 3. The van der Waals surface area contributed by atoms with E-state index in [0.29, 0.717) is 6.04 Å². The predicted molar refractivity (Wildman–Crippen MR) is 118 cm³/mol. The summed E-state index contributed by atoms with van der Waals surface area (Å²) in [5.74, 6) is -0.186. The molecule has 0 aliphatic heterocycles. The van der Waals surface area contributed by atoms with Crippen molar-refractivity contribution in [2.45, 2.75) is 51.3 Å². The first-order valence-electron chi connectivity index (χ1n) is 10.7. The van der Waals surface area contributed by atoms with E-state index in [1.807, 2.05) is 48.1 Å². The molecular weight excluding hydrogens is 392 g/mol. The highest BCUT2D eigenvalue weighted by Crippen LogP contribution is 2.28. The van der Waals surface area contributed by atoms with Gasteiger partial charge in [-0.25, -0.2) is 0 Å². The number of pyridine rings is 1. The van der Waals surface area contributed by atoms with Crippen molar-refractivity contribution in [1.82, 2.24) is 19.7 Å². The van der Waals surface area contributed by atoms with Crippen molar-refractivity contribution in [2.75, 3.05) is 0 Å². The molecule has 1 aromatic carbocycles. The van der Waals surface area contributed by atoms with Gasteiger partial charge in [-0.3, -0.25) is 14.3 Å². The van der Waals surface area contributed by atoms with Crippen LogP contribution in [0, 0.1) is 6.92 Å². The van der Waals surface area contributed by atoms with Crippen molar-refractivity contribution in [1.29, 1.82) is 0 Å². The number of carbonyl (C=O) groups is 1. The van der Waals surface area contributed by atoms with Gasteiger partial charge in [0.15, 0.2) is 11.4 Å². The lowest BCUT2D eigenvalue weighted by Gasteiger charge is -2.29. The third kappa shape index (κ3) is 4.87. The van der Waals surface area contributed by atoms with Gasteiger partial charge in [0, 0.05) is 31.5 Å². The molecule has 0 radical (unpaired) electrons. The van der Waals surface area contributed by atoms with Crippen LogP contribution in [-0.4, -0.2) is 26.3 Å². The van der Waals surface area contributed by atoms with Crippen LogP contribution < -0.4 is 15.5 Å². The number of carbonyl (C=O) groups excluding carboxylic acids is 1. The maximum Gasteiger partial charge on any atom is 0.272 e. The number of rotatable bonds is 6. The zero-order valence-corrected chi connectivity index (χ0v) is 18.0. The van der Waals surface area contributed by atoms with E-state index in [9.17, 15) is 9.59 Å². The number of hydrogen-bond acceptors (Lipinski definition) is 4. The number of benzene rings is 1. The van der Waals surface area contributed by atoms with Gasteiger partial charge in [0.2, 0.25) is 5.43 Å². The van der Waals surface area contributed by atoms with Crippen LogP contribution in [0.4, 0.5) is 0 Å². The van der Waals surface area contributed by atoms with Crippen molar-refractivity contribution < 1.29 is 9.53 Å². The average molecular weight is 421 g/mol. The highest BCUT2D eigenvalue weighted by atomic mass is 16.5. The number of ether oxygens (including phenoxy) is 1. The Balaban J connectivity index is 1.43. The first-order chi connectivity index (χ1) is 15.0. The molecule has 1 fully saturated rings. The molecule has 7 nitrogen and oxygen atoms in total. The molecule has 1 saturated carbocycles. The summed E-state index contributed by atoms with van der Waals surface area (Å²) in [6.07, 6.45) is 9.20. The van der Waals surface area contributed by atoms with E-state index < -0.39 is 0 Å². The maximum absolute atomic E-state index is 13.1. The van der Waals surface area contributed by atoms with Gasteiger partial charge in [-0.05, 0) is 43.7 Å². The minimum absolute atomic E-state index is 0.0673. The van der Waals surface area contributed by atoms with Crippen LogP contribution in [0.2, 0.25) is 0 Å². The highest BCUT2D eigenvalue weighted by molar-refractivity contribution is 5.95. The largest absolute Gasteiger partial charge is 0.483 e. The Morgan fingerprint density at radius 1 is 1.16 bits per heavy atom. The van der Waals surface area contributed by atoms with E-state index in [4.69, 9.17) is 4.74 Å². The normalized spacial score (nSPS) is 18.5. The second-order valence-electron chi connectivity index (χ2n) is 8.22. The van der Waals surface area contributed by atoms with Crippen LogP contribution in [0.15, 0.2) is 59.8 Å². The van der Waals surface area contributed by atoms with Crippen molar-refractivity contribution in [3.63, 3.8) is 0 Å². The molecule has 1 amide bonds. The number of hydrogen-bond donors (Lipinski definition) is 1. The summed E-state index contributed by atoms with van der Waals surface area (Å²) in [4.78, 5) is 25.6. The fourth-order valence-corrected chi connectivity index (χ4v) is 4.11. The Hall–Kier alpha value is -3.35. The Kier molecular flexibility index (Phi) is 6.21. The minimum atomic E-state index is -0.294. The molecule has 3 aromatic rings. The van der Waals surface area contributed by atoms with E-state index in [1.165, 1.54) is 6.07 Å². The number of aryl methyl sites for hydroxylation is 2. The summed E-state index contributed by atoms with van der Waals surface area (Å²) in [5.41, 5.74) is 2.06. The van der Waals surface area contributed by atoms with Gasteiger partial charge < -0.3 is 14.6 Å². The molecule has 0 unspecified atom stereocenters. The zero-order valence-electron chi connectivity index (χ0n) is 18.0. The Morgan fingerprint density at radius 2 is 1.90 bits per heavy atom. The average Bonchev–Trinajstić information content (AvgIpc) is 3.21. The maximum atomic E-state index is 13.1. The van der Waals surface area contributed by atoms with Crippen LogP contribution in [0.25, 0.3) is 0 Å². The van der Waals surface area contributed by atoms with E-state index in [2.05, 4.69) is 16.6 Å². The molecule has 0 saturated heterocycles. The van der Waals surface area contributed by atoms with Gasteiger partial charge in [-0.1, -0.05) is 30.3 Å². The third-order valence-electron chi connectivity index (χ3n) is 5.82. The van der Waals surface area contributed by atoms with Gasteiger partial charge in [-0.2, -0.15) is 5.10 Å². The molecule has 7 heteroatoms. The van der Waals surface area contributed by atoms with Crippen molar-refractivity contribution >= 4 is 5.91 Å². The molecule has 0 atom stereocenters. The minimum Gasteiger partial charge on any atom is -0.483 e. The number of nitrogens with zero attached hydrogens (tertiary/aromatic N) is 3. The number of amides is 1. The van der Waals surface area contributed by atoms with Crippen molar-refractivity contribution in [3.05, 3.63) is 82.0 Å². The van der Waals surface area contributed by atoms with Crippen LogP contribution in [0.3, 0.4) is 0 Å². The quantitative estimate of drug-likeness (QED) is 0.663. The van der Waals surface area contributed by atoms with E-state index in [-0.39, 0.29) is 35.4 Å². The molecule has 1 aliphatic rings. The molecule has 162 valence electrons. The fourth-order valence-electron chi connectivity index (χ4n) is 4.11. The molecular formula is C24H28N4O3. The summed E-state index contributed by atoms with van der Waals surface area (Å²) in [7, 11) is 1.75. The van der Waals surface area contributed by atoms with Gasteiger partial charge >= 0.3 is 0 Å². The van der Waals surface area contributed by atoms with Crippen molar-refractivity contribution in [3.8, 4) is 5.75 Å². The summed E-state index contributed by atoms with van der Waals surface area (Å²) in [6, 6.07) is 11.5. The molecule has 2 heterocycles.